The van der Waals surface area contributed by atoms with E-state index < -0.39 is 20.0 Å². The molecule has 0 saturated heterocycles. The summed E-state index contributed by atoms with van der Waals surface area (Å²) in [6, 6.07) is -0.876. The molecule has 0 aromatic carbocycles. The van der Waals surface area contributed by atoms with Crippen molar-refractivity contribution in [1.82, 2.24) is 5.32 Å². The van der Waals surface area contributed by atoms with Gasteiger partial charge in [0.15, 0.2) is 0 Å². The first-order valence-corrected chi connectivity index (χ1v) is 29.5. The summed E-state index contributed by atoms with van der Waals surface area (Å²) in [5, 5.41) is 13.9. The van der Waals surface area contributed by atoms with E-state index in [1.165, 1.54) is 135 Å². The summed E-state index contributed by atoms with van der Waals surface area (Å²) in [4.78, 5) is 23.3. The Labute approximate surface area is 420 Å². The van der Waals surface area contributed by atoms with Crippen LogP contribution < -0.4 is 5.32 Å². The Morgan fingerprint density at radius 1 is 0.515 bits per heavy atom. The van der Waals surface area contributed by atoms with Crippen molar-refractivity contribution in [3.05, 3.63) is 85.1 Å². The molecule has 3 N–H and O–H groups in total. The third-order valence-electron chi connectivity index (χ3n) is 12.1. The number of hydrogen-bond acceptors (Lipinski definition) is 5. The number of quaternary nitrogens is 1. The van der Waals surface area contributed by atoms with Gasteiger partial charge in [0.1, 0.15) is 13.2 Å². The molecule has 3 unspecified atom stereocenters. The van der Waals surface area contributed by atoms with Gasteiger partial charge in [-0.15, -0.1) is 0 Å². The molecule has 9 heteroatoms. The van der Waals surface area contributed by atoms with E-state index in [0.29, 0.717) is 23.9 Å². The molecule has 3 atom stereocenters. The van der Waals surface area contributed by atoms with Crippen molar-refractivity contribution in [2.24, 2.45) is 0 Å². The summed E-state index contributed by atoms with van der Waals surface area (Å²) < 4.78 is 23.7. The number of nitrogens with one attached hydrogen (secondary N) is 1. The van der Waals surface area contributed by atoms with E-state index in [4.69, 9.17) is 9.05 Å². The van der Waals surface area contributed by atoms with Gasteiger partial charge in [-0.05, 0) is 70.6 Å². The molecule has 0 saturated carbocycles. The lowest BCUT2D eigenvalue weighted by Crippen LogP contribution is -2.45. The van der Waals surface area contributed by atoms with Gasteiger partial charge in [0.05, 0.1) is 39.9 Å². The van der Waals surface area contributed by atoms with Crippen molar-refractivity contribution in [2.75, 3.05) is 40.9 Å². The summed E-state index contributed by atoms with van der Waals surface area (Å²) in [5.74, 6) is -0.220. The minimum absolute atomic E-state index is 0.0487. The zero-order chi connectivity index (χ0) is 49.9. The number of carbonyl (C=O) groups excluding carboxylic acids is 1. The molecule has 0 aliphatic carbocycles. The van der Waals surface area contributed by atoms with Gasteiger partial charge in [0, 0.05) is 6.42 Å². The predicted molar refractivity (Wildman–Crippen MR) is 295 cm³/mol. The highest BCUT2D eigenvalue weighted by Crippen LogP contribution is 2.43. The zero-order valence-corrected chi connectivity index (χ0v) is 45.7. The van der Waals surface area contributed by atoms with Crippen LogP contribution in [0.15, 0.2) is 85.1 Å². The molecule has 0 aliphatic heterocycles. The smallest absolute Gasteiger partial charge is 0.387 e. The number of amides is 1. The molecular weight excluding hydrogens is 864 g/mol. The summed E-state index contributed by atoms with van der Waals surface area (Å²) in [6.45, 7) is 4.68. The van der Waals surface area contributed by atoms with E-state index in [2.05, 4.69) is 92.1 Å². The second-order valence-corrected chi connectivity index (χ2v) is 21.4. The number of likely N-dealkylation sites (N-methyl/N-ethyl adjacent to an activating group) is 1. The van der Waals surface area contributed by atoms with E-state index in [0.717, 1.165) is 70.6 Å². The summed E-state index contributed by atoms with van der Waals surface area (Å²) in [5.41, 5.74) is 0. The molecule has 1 amide bonds. The summed E-state index contributed by atoms with van der Waals surface area (Å²) in [6.07, 6.45) is 69.7. The maximum absolute atomic E-state index is 12.9. The molecule has 0 rings (SSSR count). The number of carbonyl (C=O) groups is 1. The van der Waals surface area contributed by atoms with E-state index in [9.17, 15) is 19.4 Å². The van der Waals surface area contributed by atoms with Gasteiger partial charge in [0.2, 0.25) is 5.91 Å². The first kappa shape index (κ1) is 65.7. The highest BCUT2D eigenvalue weighted by atomic mass is 31.2. The number of phosphoric acid groups is 1. The standard InChI is InChI=1S/C59H107N2O6P/c1-6-8-10-12-14-16-18-20-22-24-26-28-29-30-31-33-34-36-38-40-42-44-46-48-50-52-58(62)57(56-67-68(64,65)66-55-54-61(3,4)5)60-59(63)53-51-49-47-45-43-41-39-37-35-32-27-25-23-21-19-17-15-13-11-9-7-2/h9,11,15,17,21,23,27,32,37,39,43,45,50,52,57-58,62H,6-8,10,12-14,16,18-20,22,24-26,28-31,33-36,38,40-42,44,46-49,51,53-56H2,1-5H3,(H-,60,63,64,65)/p+1/b11-9-,17-15-,23-21-,32-27-,39-37-,45-43-,52-50+. The molecule has 0 aromatic rings. The third kappa shape index (κ3) is 51.5. The van der Waals surface area contributed by atoms with E-state index >= 15 is 0 Å². The van der Waals surface area contributed by atoms with Crippen LogP contribution in [-0.4, -0.2) is 73.4 Å². The number of aliphatic hydroxyl groups is 1. The maximum atomic E-state index is 12.9. The molecular formula is C59H108N2O6P+. The second-order valence-electron chi connectivity index (χ2n) is 19.9. The van der Waals surface area contributed by atoms with Crippen LogP contribution in [0.3, 0.4) is 0 Å². The van der Waals surface area contributed by atoms with Crippen LogP contribution in [0, 0.1) is 0 Å². The normalized spacial score (nSPS) is 14.6. The lowest BCUT2D eigenvalue weighted by Gasteiger charge is -2.25. The summed E-state index contributed by atoms with van der Waals surface area (Å²) >= 11 is 0. The molecule has 0 aromatic heterocycles. The second kappa shape index (κ2) is 49.7. The van der Waals surface area contributed by atoms with Crippen LogP contribution >= 0.6 is 7.82 Å². The van der Waals surface area contributed by atoms with Crippen molar-refractivity contribution >= 4 is 13.7 Å². The minimum atomic E-state index is -4.36. The Balaban J connectivity index is 4.33. The molecule has 0 radical (unpaired) electrons. The Hall–Kier alpha value is -2.32. The van der Waals surface area contributed by atoms with Crippen LogP contribution in [0.25, 0.3) is 0 Å². The number of nitrogens with zero attached hydrogens (tertiary/aromatic N) is 1. The predicted octanol–water partition coefficient (Wildman–Crippen LogP) is 16.9. The monoisotopic (exact) mass is 972 g/mol. The number of hydrogen-bond donors (Lipinski definition) is 3. The van der Waals surface area contributed by atoms with Crippen molar-refractivity contribution in [3.63, 3.8) is 0 Å². The number of allylic oxidation sites excluding steroid dienone is 13. The van der Waals surface area contributed by atoms with Gasteiger partial charge in [-0.1, -0.05) is 240 Å². The Bertz CT molecular complexity index is 1380. The largest absolute Gasteiger partial charge is 0.472 e. The molecule has 68 heavy (non-hydrogen) atoms. The molecule has 0 spiro atoms. The van der Waals surface area contributed by atoms with E-state index in [-0.39, 0.29) is 19.1 Å². The van der Waals surface area contributed by atoms with Gasteiger partial charge in [-0.3, -0.25) is 13.8 Å². The Morgan fingerprint density at radius 3 is 1.29 bits per heavy atom. The summed E-state index contributed by atoms with van der Waals surface area (Å²) in [7, 11) is 1.53. The van der Waals surface area contributed by atoms with Gasteiger partial charge in [-0.25, -0.2) is 4.57 Å². The van der Waals surface area contributed by atoms with Crippen LogP contribution in [0.1, 0.15) is 232 Å². The van der Waals surface area contributed by atoms with Crippen molar-refractivity contribution in [3.8, 4) is 0 Å². The highest BCUT2D eigenvalue weighted by Gasteiger charge is 2.27. The van der Waals surface area contributed by atoms with Crippen molar-refractivity contribution in [1.29, 1.82) is 0 Å². The number of phosphoric ester groups is 1. The fraction of sp³-hybridized carbons (Fsp3) is 0.746. The number of unbranched alkanes of at least 4 members (excludes halogenated alkanes) is 25. The zero-order valence-electron chi connectivity index (χ0n) is 44.8. The lowest BCUT2D eigenvalue weighted by molar-refractivity contribution is -0.870. The molecule has 394 valence electrons. The topological polar surface area (TPSA) is 105 Å². The molecule has 8 nitrogen and oxygen atoms in total. The van der Waals surface area contributed by atoms with E-state index in [1.807, 2.05) is 27.2 Å². The van der Waals surface area contributed by atoms with Gasteiger partial charge < -0.3 is 19.8 Å². The fourth-order valence-corrected chi connectivity index (χ4v) is 8.49. The maximum Gasteiger partial charge on any atom is 0.472 e. The first-order chi connectivity index (χ1) is 33.0. The van der Waals surface area contributed by atoms with Gasteiger partial charge >= 0.3 is 7.82 Å². The molecule has 0 heterocycles. The fourth-order valence-electron chi connectivity index (χ4n) is 7.75. The lowest BCUT2D eigenvalue weighted by atomic mass is 10.0. The van der Waals surface area contributed by atoms with Gasteiger partial charge in [-0.2, -0.15) is 0 Å². The Morgan fingerprint density at radius 2 is 0.882 bits per heavy atom. The van der Waals surface area contributed by atoms with Crippen LogP contribution in [0.4, 0.5) is 0 Å². The van der Waals surface area contributed by atoms with E-state index in [1.54, 1.807) is 6.08 Å². The SMILES string of the molecule is CC/C=C\C/C=C\C/C=C\C/C=C\C/C=C\C/C=C\CCCCC(=O)NC(COP(=O)(O)OCC[N+](C)(C)C)C(O)/C=C/CCCCCCCCCCCCCCCCCCCCCCCCC. The van der Waals surface area contributed by atoms with Gasteiger partial charge in [0.25, 0.3) is 0 Å². The van der Waals surface area contributed by atoms with Crippen LogP contribution in [0.2, 0.25) is 0 Å². The molecule has 0 aliphatic rings. The average Bonchev–Trinajstić information content (AvgIpc) is 3.30. The number of aliphatic hydroxyl groups excluding tert-OH is 1. The quantitative estimate of drug-likeness (QED) is 0.0243. The van der Waals surface area contributed by atoms with Crippen molar-refractivity contribution < 1.29 is 32.9 Å². The third-order valence-corrected chi connectivity index (χ3v) is 13.1. The Kier molecular flexibility index (Phi) is 48.0. The van der Waals surface area contributed by atoms with Crippen LogP contribution in [-0.2, 0) is 18.4 Å². The average molecular weight is 972 g/mol. The molecule has 0 fully saturated rings. The van der Waals surface area contributed by atoms with Crippen LogP contribution in [0.5, 0.6) is 0 Å². The highest BCUT2D eigenvalue weighted by molar-refractivity contribution is 7.47. The number of rotatable bonds is 50. The first-order valence-electron chi connectivity index (χ1n) is 28.0. The van der Waals surface area contributed by atoms with Crippen molar-refractivity contribution in [2.45, 2.75) is 244 Å². The minimum Gasteiger partial charge on any atom is -0.387 e. The molecule has 0 bridgehead atoms.